The van der Waals surface area contributed by atoms with Crippen LogP contribution in [0.5, 0.6) is 23.0 Å². The van der Waals surface area contributed by atoms with Crippen LogP contribution in [0.2, 0.25) is 0 Å². The first-order chi connectivity index (χ1) is 17.9. The lowest BCUT2D eigenvalue weighted by Crippen LogP contribution is -2.15. The molecule has 2 heterocycles. The van der Waals surface area contributed by atoms with Crippen LogP contribution < -0.4 is 19.5 Å². The lowest BCUT2D eigenvalue weighted by Gasteiger charge is -2.14. The maximum Gasteiger partial charge on any atom is 0.261 e. The molecule has 0 aliphatic heterocycles. The fourth-order valence-corrected chi connectivity index (χ4v) is 3.56. The normalized spacial score (nSPS) is 13.7. The van der Waals surface area contributed by atoms with Gasteiger partial charge >= 0.3 is 0 Å². The molecule has 2 aromatic carbocycles. The van der Waals surface area contributed by atoms with Crippen molar-refractivity contribution in [1.29, 1.82) is 0 Å². The topological polar surface area (TPSA) is 103 Å². The van der Waals surface area contributed by atoms with Crippen molar-refractivity contribution in [3.8, 4) is 23.0 Å². The molecular weight excluding hydrogens is 484 g/mol. The van der Waals surface area contributed by atoms with E-state index in [9.17, 15) is 18.7 Å². The third kappa shape index (κ3) is 5.75. The first-order valence-corrected chi connectivity index (χ1v) is 11.7. The molecule has 1 atom stereocenters. The van der Waals surface area contributed by atoms with Gasteiger partial charge in [0.1, 0.15) is 23.9 Å². The molecule has 190 valence electrons. The number of nitrogens with one attached hydrogen (secondary N) is 1. The van der Waals surface area contributed by atoms with E-state index in [2.05, 4.69) is 15.3 Å². The Morgan fingerprint density at radius 2 is 1.86 bits per heavy atom. The highest BCUT2D eigenvalue weighted by Gasteiger charge is 2.26. The number of benzene rings is 2. The zero-order valence-corrected chi connectivity index (χ0v) is 19.8. The number of nitrogens with zero attached hydrogens (tertiary/aromatic N) is 2. The summed E-state index contributed by atoms with van der Waals surface area (Å²) in [4.78, 5) is 20.9. The van der Waals surface area contributed by atoms with Gasteiger partial charge in [-0.05, 0) is 44.0 Å². The lowest BCUT2D eigenvalue weighted by molar-refractivity contribution is 0.102. The van der Waals surface area contributed by atoms with Crippen molar-refractivity contribution in [3.05, 3.63) is 78.3 Å². The average Bonchev–Trinajstić information content (AvgIpc) is 3.69. The van der Waals surface area contributed by atoms with Gasteiger partial charge in [-0.15, -0.1) is 0 Å². The molecule has 8 nitrogen and oxygen atoms in total. The van der Waals surface area contributed by atoms with E-state index in [0.717, 1.165) is 25.0 Å². The van der Waals surface area contributed by atoms with Gasteiger partial charge in [-0.3, -0.25) is 14.8 Å². The zero-order valence-electron chi connectivity index (χ0n) is 19.8. The van der Waals surface area contributed by atoms with Crippen LogP contribution in [-0.4, -0.2) is 39.8 Å². The van der Waals surface area contributed by atoms with E-state index in [1.807, 2.05) is 0 Å². The quantitative estimate of drug-likeness (QED) is 0.319. The summed E-state index contributed by atoms with van der Waals surface area (Å²) in [6, 6.07) is 9.93. The zero-order chi connectivity index (χ0) is 25.9. The number of hydrogen-bond donors (Lipinski definition) is 2. The van der Waals surface area contributed by atoms with Crippen molar-refractivity contribution in [3.63, 3.8) is 0 Å². The predicted octanol–water partition coefficient (Wildman–Crippen LogP) is 5.25. The maximum atomic E-state index is 14.9. The average molecular weight is 507 g/mol. The number of rotatable bonds is 9. The summed E-state index contributed by atoms with van der Waals surface area (Å²) >= 11 is 0. The second-order valence-electron chi connectivity index (χ2n) is 8.66. The summed E-state index contributed by atoms with van der Waals surface area (Å²) in [6.45, 7) is 1.71. The second-order valence-corrected chi connectivity index (χ2v) is 8.66. The lowest BCUT2D eigenvalue weighted by atomic mass is 10.2. The molecule has 2 N–H and O–H groups in total. The van der Waals surface area contributed by atoms with Crippen molar-refractivity contribution in [2.45, 2.75) is 32.0 Å². The van der Waals surface area contributed by atoms with Gasteiger partial charge in [0, 0.05) is 47.9 Å². The highest BCUT2D eigenvalue weighted by atomic mass is 19.1. The van der Waals surface area contributed by atoms with E-state index in [1.165, 1.54) is 24.7 Å². The molecule has 0 saturated heterocycles. The van der Waals surface area contributed by atoms with Crippen molar-refractivity contribution >= 4 is 22.5 Å². The smallest absolute Gasteiger partial charge is 0.261 e. The van der Waals surface area contributed by atoms with Gasteiger partial charge in [0.15, 0.2) is 17.4 Å². The van der Waals surface area contributed by atoms with Gasteiger partial charge in [0.2, 0.25) is 0 Å². The number of ether oxygens (including phenoxy) is 3. The standard InChI is InChI=1S/C27H23F2N3O5/c1-15(33)14-35-18-4-5-19-23(12-18)31-9-7-24(19)37-26-21(28)10-16(11-22(26)29)32-27(34)20-13-30-8-6-25(20)36-17-2-3-17/h4-13,15,17,33H,2-3,14H2,1H3,(H,32,34)/t15-/m1/s1. The number of anilines is 1. The second kappa shape index (κ2) is 10.4. The number of fused-ring (bicyclic) bond motifs is 1. The van der Waals surface area contributed by atoms with Crippen LogP contribution in [0.25, 0.3) is 10.9 Å². The summed E-state index contributed by atoms with van der Waals surface area (Å²) in [5.41, 5.74) is 0.551. The number of pyridine rings is 2. The van der Waals surface area contributed by atoms with Crippen LogP contribution in [0.4, 0.5) is 14.5 Å². The molecule has 2 aromatic heterocycles. The van der Waals surface area contributed by atoms with Crippen molar-refractivity contribution in [1.82, 2.24) is 9.97 Å². The summed E-state index contributed by atoms with van der Waals surface area (Å²) < 4.78 is 46.7. The first kappa shape index (κ1) is 24.4. The number of halogens is 2. The van der Waals surface area contributed by atoms with Crippen LogP contribution >= 0.6 is 0 Å². The number of carbonyl (C=O) groups excluding carboxylic acids is 1. The summed E-state index contributed by atoms with van der Waals surface area (Å²) in [5, 5.41) is 12.4. The number of carbonyl (C=O) groups is 1. The summed E-state index contributed by atoms with van der Waals surface area (Å²) in [7, 11) is 0. The summed E-state index contributed by atoms with van der Waals surface area (Å²) in [5.74, 6) is -2.21. The molecule has 1 aliphatic rings. The number of aromatic nitrogens is 2. The van der Waals surface area contributed by atoms with Gasteiger partial charge in [0.25, 0.3) is 5.91 Å². The highest BCUT2D eigenvalue weighted by molar-refractivity contribution is 6.06. The molecule has 1 fully saturated rings. The Morgan fingerprint density at radius 3 is 2.59 bits per heavy atom. The van der Waals surface area contributed by atoms with E-state index < -0.39 is 29.4 Å². The van der Waals surface area contributed by atoms with Crippen LogP contribution in [0.1, 0.15) is 30.1 Å². The molecule has 0 spiro atoms. The minimum atomic E-state index is -1.00. The predicted molar refractivity (Wildman–Crippen MR) is 131 cm³/mol. The molecule has 5 rings (SSSR count). The maximum absolute atomic E-state index is 14.9. The Hall–Kier alpha value is -4.31. The largest absolute Gasteiger partial charge is 0.491 e. The number of aliphatic hydroxyl groups excluding tert-OH is 1. The van der Waals surface area contributed by atoms with Gasteiger partial charge in [-0.1, -0.05) is 0 Å². The molecule has 0 unspecified atom stereocenters. The minimum Gasteiger partial charge on any atom is -0.491 e. The van der Waals surface area contributed by atoms with Gasteiger partial charge in [-0.25, -0.2) is 8.78 Å². The molecule has 10 heteroatoms. The molecule has 1 amide bonds. The van der Waals surface area contributed by atoms with Crippen molar-refractivity contribution < 1.29 is 32.9 Å². The molecule has 1 saturated carbocycles. The summed E-state index contributed by atoms with van der Waals surface area (Å²) in [6.07, 6.45) is 5.53. The minimum absolute atomic E-state index is 0.0629. The third-order valence-corrected chi connectivity index (χ3v) is 5.48. The van der Waals surface area contributed by atoms with Crippen LogP contribution in [0, 0.1) is 11.6 Å². The number of hydrogen-bond acceptors (Lipinski definition) is 7. The first-order valence-electron chi connectivity index (χ1n) is 11.7. The Labute approximate surface area is 210 Å². The van der Waals surface area contributed by atoms with Crippen LogP contribution in [0.15, 0.2) is 61.1 Å². The molecule has 0 radical (unpaired) electrons. The van der Waals surface area contributed by atoms with Crippen molar-refractivity contribution in [2.75, 3.05) is 11.9 Å². The third-order valence-electron chi connectivity index (χ3n) is 5.48. The number of amides is 1. The van der Waals surface area contributed by atoms with Gasteiger partial charge < -0.3 is 24.6 Å². The van der Waals surface area contributed by atoms with E-state index >= 15 is 0 Å². The molecule has 0 bridgehead atoms. The molecular formula is C27H23F2N3O5. The molecule has 4 aromatic rings. The Bertz CT molecular complexity index is 1440. The fraction of sp³-hybridized carbons (Fsp3) is 0.222. The SMILES string of the molecule is C[C@@H](O)COc1ccc2c(Oc3c(F)cc(NC(=O)c4cnccc4OC4CC4)cc3F)ccnc2c1. The van der Waals surface area contributed by atoms with Gasteiger partial charge in [-0.2, -0.15) is 0 Å². The number of aliphatic hydroxyl groups is 1. The Balaban J connectivity index is 1.35. The molecule has 1 aliphatic carbocycles. The highest BCUT2D eigenvalue weighted by Crippen LogP contribution is 2.35. The van der Waals surface area contributed by atoms with Crippen molar-refractivity contribution in [2.24, 2.45) is 0 Å². The van der Waals surface area contributed by atoms with Gasteiger partial charge in [0.05, 0.1) is 23.3 Å². The fourth-order valence-electron chi connectivity index (χ4n) is 3.56. The van der Waals surface area contributed by atoms with E-state index in [4.69, 9.17) is 14.2 Å². The van der Waals surface area contributed by atoms with Crippen LogP contribution in [-0.2, 0) is 0 Å². The molecule has 37 heavy (non-hydrogen) atoms. The monoisotopic (exact) mass is 507 g/mol. The van der Waals surface area contributed by atoms with E-state index in [-0.39, 0.29) is 29.7 Å². The van der Waals surface area contributed by atoms with E-state index in [0.29, 0.717) is 22.4 Å². The van der Waals surface area contributed by atoms with E-state index in [1.54, 1.807) is 31.2 Å². The van der Waals surface area contributed by atoms with Crippen LogP contribution in [0.3, 0.4) is 0 Å². The Kier molecular flexibility index (Phi) is 6.82. The Morgan fingerprint density at radius 1 is 1.11 bits per heavy atom.